The van der Waals surface area contributed by atoms with Crippen LogP contribution in [0, 0.1) is 0 Å². The van der Waals surface area contributed by atoms with E-state index in [1.807, 2.05) is 0 Å². The lowest BCUT2D eigenvalue weighted by Gasteiger charge is -1.98. The molecule has 0 fully saturated rings. The molecule has 1 aromatic carbocycles. The number of hydrogen-bond donors (Lipinski definition) is 1. The van der Waals surface area contributed by atoms with Crippen LogP contribution in [0.1, 0.15) is 0 Å². The minimum Gasteiger partial charge on any atom is -0.464 e. The van der Waals surface area contributed by atoms with Gasteiger partial charge in [-0.2, -0.15) is 0 Å². The number of carbonyl (C=O) groups excluding carboxylic acids is 1. The summed E-state index contributed by atoms with van der Waals surface area (Å²) in [5, 5.41) is 9.67. The Kier molecular flexibility index (Phi) is 2.08. The third-order valence-electron chi connectivity index (χ3n) is 2.04. The first-order valence-corrected chi connectivity index (χ1v) is 4.15. The number of aliphatic imine (C=N–C) groups is 1. The van der Waals surface area contributed by atoms with Crippen LogP contribution in [-0.2, 0) is 4.79 Å². The van der Waals surface area contributed by atoms with Crippen molar-refractivity contribution in [1.29, 1.82) is 0 Å². The zero-order valence-electron chi connectivity index (χ0n) is 7.54. The van der Waals surface area contributed by atoms with Gasteiger partial charge in [-0.1, -0.05) is 18.2 Å². The standard InChI is InChI=1S/C10H6N2O3/c13-6-11-9-5-7-3-1-2-4-8(7)12(9)10(14)15/h1-5H,(H,14,15). The van der Waals surface area contributed by atoms with E-state index in [-0.39, 0.29) is 5.82 Å². The van der Waals surface area contributed by atoms with Crippen molar-refractivity contribution in [3.05, 3.63) is 30.3 Å². The number of carbonyl (C=O) groups is 1. The van der Waals surface area contributed by atoms with Gasteiger partial charge in [0.05, 0.1) is 5.52 Å². The summed E-state index contributed by atoms with van der Waals surface area (Å²) in [6.07, 6.45) is 0.155. The largest absolute Gasteiger partial charge is 0.464 e. The Morgan fingerprint density at radius 1 is 1.40 bits per heavy atom. The molecular weight excluding hydrogens is 196 g/mol. The van der Waals surface area contributed by atoms with Gasteiger partial charge >= 0.3 is 6.09 Å². The van der Waals surface area contributed by atoms with Gasteiger partial charge < -0.3 is 5.11 Å². The summed E-state index contributed by atoms with van der Waals surface area (Å²) >= 11 is 0. The number of benzene rings is 1. The van der Waals surface area contributed by atoms with Crippen molar-refractivity contribution in [2.45, 2.75) is 0 Å². The molecule has 0 aliphatic carbocycles. The minimum absolute atomic E-state index is 0.0682. The Hall–Kier alpha value is -2.39. The average molecular weight is 202 g/mol. The molecule has 74 valence electrons. The summed E-state index contributed by atoms with van der Waals surface area (Å²) in [5.41, 5.74) is 0.499. The topological polar surface area (TPSA) is 71.7 Å². The summed E-state index contributed by atoms with van der Waals surface area (Å²) in [6, 6.07) is 8.42. The maximum Gasteiger partial charge on any atom is 0.417 e. The van der Waals surface area contributed by atoms with Crippen molar-refractivity contribution in [2.24, 2.45) is 4.99 Å². The van der Waals surface area contributed by atoms with E-state index in [4.69, 9.17) is 5.11 Å². The van der Waals surface area contributed by atoms with Gasteiger partial charge in [-0.15, -0.1) is 4.99 Å². The van der Waals surface area contributed by atoms with E-state index in [0.29, 0.717) is 10.9 Å². The third-order valence-corrected chi connectivity index (χ3v) is 2.04. The Bertz CT molecular complexity index is 579. The lowest BCUT2D eigenvalue weighted by molar-refractivity contribution is 0.198. The van der Waals surface area contributed by atoms with Gasteiger partial charge in [0.2, 0.25) is 6.08 Å². The van der Waals surface area contributed by atoms with Crippen LogP contribution in [0.2, 0.25) is 0 Å². The molecule has 5 nitrogen and oxygen atoms in total. The lowest BCUT2D eigenvalue weighted by atomic mass is 10.2. The first-order chi connectivity index (χ1) is 7.24. The molecule has 0 amide bonds. The lowest BCUT2D eigenvalue weighted by Crippen LogP contribution is -2.06. The highest BCUT2D eigenvalue weighted by Crippen LogP contribution is 2.24. The summed E-state index contributed by atoms with van der Waals surface area (Å²) < 4.78 is 0.945. The van der Waals surface area contributed by atoms with Crippen molar-refractivity contribution in [3.63, 3.8) is 0 Å². The zero-order chi connectivity index (χ0) is 10.8. The van der Waals surface area contributed by atoms with Crippen LogP contribution in [0.5, 0.6) is 0 Å². The second-order valence-corrected chi connectivity index (χ2v) is 2.88. The van der Waals surface area contributed by atoms with Crippen molar-refractivity contribution in [3.8, 4) is 0 Å². The van der Waals surface area contributed by atoms with E-state index >= 15 is 0 Å². The molecule has 1 N–H and O–H groups in total. The Morgan fingerprint density at radius 2 is 2.13 bits per heavy atom. The molecule has 0 atom stereocenters. The first-order valence-electron chi connectivity index (χ1n) is 4.15. The predicted octanol–water partition coefficient (Wildman–Crippen LogP) is 2.13. The molecule has 0 saturated carbocycles. The summed E-state index contributed by atoms with van der Waals surface area (Å²) in [4.78, 5) is 24.4. The van der Waals surface area contributed by atoms with E-state index in [1.54, 1.807) is 24.3 Å². The zero-order valence-corrected chi connectivity index (χ0v) is 7.54. The van der Waals surface area contributed by atoms with E-state index in [1.165, 1.54) is 12.1 Å². The van der Waals surface area contributed by atoms with E-state index in [2.05, 4.69) is 4.99 Å². The molecule has 0 bridgehead atoms. The maximum absolute atomic E-state index is 10.9. The van der Waals surface area contributed by atoms with Crippen LogP contribution in [0.15, 0.2) is 35.3 Å². The number of rotatable bonds is 1. The molecule has 0 radical (unpaired) electrons. The monoisotopic (exact) mass is 202 g/mol. The number of carboxylic acid groups (broad SMARTS) is 1. The van der Waals surface area contributed by atoms with Crippen LogP contribution in [0.25, 0.3) is 10.9 Å². The summed E-state index contributed by atoms with van der Waals surface area (Å²) in [5.74, 6) is 0.0682. The predicted molar refractivity (Wildman–Crippen MR) is 53.1 cm³/mol. The quantitative estimate of drug-likeness (QED) is 0.568. The van der Waals surface area contributed by atoms with Gasteiger partial charge in [-0.25, -0.2) is 14.2 Å². The van der Waals surface area contributed by atoms with Gasteiger partial charge in [-0.05, 0) is 12.1 Å². The Labute approximate surface area is 84.3 Å². The summed E-state index contributed by atoms with van der Waals surface area (Å²) in [6.45, 7) is 0. The fraction of sp³-hybridized carbons (Fsp3) is 0. The second kappa shape index (κ2) is 3.40. The molecule has 1 aromatic heterocycles. The van der Waals surface area contributed by atoms with Crippen molar-refractivity contribution >= 4 is 28.9 Å². The maximum atomic E-state index is 10.9. The highest BCUT2D eigenvalue weighted by molar-refractivity contribution is 5.93. The molecule has 0 unspecified atom stereocenters. The van der Waals surface area contributed by atoms with Gasteiger partial charge in [0.15, 0.2) is 5.82 Å². The fourth-order valence-corrected chi connectivity index (χ4v) is 1.47. The van der Waals surface area contributed by atoms with Gasteiger partial charge in [-0.3, -0.25) is 0 Å². The van der Waals surface area contributed by atoms with E-state index < -0.39 is 6.09 Å². The number of hydrogen-bond acceptors (Lipinski definition) is 3. The number of fused-ring (bicyclic) bond motifs is 1. The molecule has 2 rings (SSSR count). The number of para-hydroxylation sites is 1. The molecule has 5 heteroatoms. The molecule has 0 saturated heterocycles. The average Bonchev–Trinajstić information content (AvgIpc) is 2.56. The van der Waals surface area contributed by atoms with Crippen LogP contribution in [0.3, 0.4) is 0 Å². The van der Waals surface area contributed by atoms with Crippen molar-refractivity contribution < 1.29 is 14.7 Å². The van der Waals surface area contributed by atoms with Crippen LogP contribution in [0.4, 0.5) is 10.6 Å². The number of aromatic nitrogens is 1. The highest BCUT2D eigenvalue weighted by atomic mass is 16.4. The van der Waals surface area contributed by atoms with Crippen LogP contribution >= 0.6 is 0 Å². The first kappa shape index (κ1) is 9.18. The third kappa shape index (κ3) is 1.41. The normalized spacial score (nSPS) is 9.87. The SMILES string of the molecule is O=C=Nc1cc2ccccc2n1C(=O)O. The molecule has 2 aromatic rings. The van der Waals surface area contributed by atoms with E-state index in [9.17, 15) is 9.59 Å². The summed E-state index contributed by atoms with van der Waals surface area (Å²) in [7, 11) is 0. The van der Waals surface area contributed by atoms with Gasteiger partial charge in [0.1, 0.15) is 0 Å². The van der Waals surface area contributed by atoms with Gasteiger partial charge in [0.25, 0.3) is 0 Å². The van der Waals surface area contributed by atoms with Crippen LogP contribution < -0.4 is 0 Å². The molecule has 15 heavy (non-hydrogen) atoms. The smallest absolute Gasteiger partial charge is 0.417 e. The molecular formula is C10H6N2O3. The van der Waals surface area contributed by atoms with Gasteiger partial charge in [0, 0.05) is 5.39 Å². The Balaban J connectivity index is 2.86. The molecule has 1 heterocycles. The van der Waals surface area contributed by atoms with Crippen molar-refractivity contribution in [1.82, 2.24) is 4.57 Å². The molecule has 0 aliphatic rings. The number of isocyanates is 1. The van der Waals surface area contributed by atoms with Crippen LogP contribution in [-0.4, -0.2) is 21.8 Å². The number of nitrogens with zero attached hydrogens (tertiary/aromatic N) is 2. The second-order valence-electron chi connectivity index (χ2n) is 2.88. The van der Waals surface area contributed by atoms with E-state index in [0.717, 1.165) is 4.57 Å². The molecule has 0 spiro atoms. The fourth-order valence-electron chi connectivity index (χ4n) is 1.47. The molecule has 0 aliphatic heterocycles. The minimum atomic E-state index is -1.18. The Morgan fingerprint density at radius 3 is 2.80 bits per heavy atom. The van der Waals surface area contributed by atoms with Crippen molar-refractivity contribution in [2.75, 3.05) is 0 Å². The highest BCUT2D eigenvalue weighted by Gasteiger charge is 2.12.